The highest BCUT2D eigenvalue weighted by Crippen LogP contribution is 2.42. The Balaban J connectivity index is 1.90. The van der Waals surface area contributed by atoms with Crippen LogP contribution < -0.4 is 10.1 Å². The molecule has 1 aliphatic rings. The van der Waals surface area contributed by atoms with Gasteiger partial charge in [0.05, 0.1) is 5.52 Å². The van der Waals surface area contributed by atoms with E-state index < -0.39 is 41.8 Å². The Labute approximate surface area is 201 Å². The third-order valence-electron chi connectivity index (χ3n) is 6.10. The number of hydrogen-bond donors (Lipinski definition) is 3. The first-order valence-electron chi connectivity index (χ1n) is 10.6. The van der Waals surface area contributed by atoms with E-state index in [-0.39, 0.29) is 29.8 Å². The van der Waals surface area contributed by atoms with Crippen LogP contribution in [0.25, 0.3) is 10.9 Å². The van der Waals surface area contributed by atoms with Gasteiger partial charge in [-0.05, 0) is 54.8 Å². The van der Waals surface area contributed by atoms with Crippen LogP contribution in [0.1, 0.15) is 35.0 Å². The minimum atomic E-state index is -4.96. The Morgan fingerprint density at radius 3 is 2.36 bits per heavy atom. The summed E-state index contributed by atoms with van der Waals surface area (Å²) in [6.45, 7) is 1.28. The molecule has 0 unspecified atom stereocenters. The number of ether oxygens (including phenoxy) is 1. The largest absolute Gasteiger partial charge is 0.573 e. The molecule has 3 N–H and O–H groups in total. The summed E-state index contributed by atoms with van der Waals surface area (Å²) in [6, 6.07) is 9.00. The number of amides is 1. The molecule has 1 heterocycles. The van der Waals surface area contributed by atoms with Crippen LogP contribution in [0.4, 0.5) is 18.9 Å². The lowest BCUT2D eigenvalue weighted by Crippen LogP contribution is -2.44. The number of aliphatic carboxylic acids is 2. The number of carbonyl (C=O) groups excluding carboxylic acids is 2. The van der Waals surface area contributed by atoms with Crippen LogP contribution in [0.2, 0.25) is 0 Å². The monoisotopic (exact) mass is 504 g/mol. The zero-order chi connectivity index (χ0) is 26.4. The molecule has 2 aromatic carbocycles. The number of alkyl halides is 3. The summed E-state index contributed by atoms with van der Waals surface area (Å²) in [5, 5.41) is 22.4. The van der Waals surface area contributed by atoms with E-state index in [0.717, 1.165) is 12.1 Å². The minimum Gasteiger partial charge on any atom is -0.480 e. The number of aromatic nitrogens is 1. The molecular weight excluding hydrogens is 485 g/mol. The third kappa shape index (κ3) is 4.37. The van der Waals surface area contributed by atoms with Crippen LogP contribution in [0.5, 0.6) is 5.75 Å². The number of carboxylic acid groups (broad SMARTS) is 2. The molecule has 36 heavy (non-hydrogen) atoms. The highest BCUT2D eigenvalue weighted by Gasteiger charge is 2.50. The van der Waals surface area contributed by atoms with Crippen molar-refractivity contribution < 1.29 is 47.3 Å². The highest BCUT2D eigenvalue weighted by atomic mass is 19.4. The average molecular weight is 504 g/mol. The average Bonchev–Trinajstić information content (AvgIpc) is 3.09. The number of carboxylic acids is 2. The zero-order valence-electron chi connectivity index (χ0n) is 18.7. The van der Waals surface area contributed by atoms with Crippen LogP contribution in [-0.2, 0) is 27.2 Å². The molecule has 0 radical (unpaired) electrons. The van der Waals surface area contributed by atoms with Crippen molar-refractivity contribution in [2.45, 2.75) is 32.5 Å². The fourth-order valence-corrected chi connectivity index (χ4v) is 4.52. The molecular formula is C24H19F3N2O7. The number of hydrogen-bond acceptors (Lipinski definition) is 5. The fraction of sp³-hybridized carbons (Fsp3) is 0.250. The van der Waals surface area contributed by atoms with Gasteiger partial charge in [0, 0.05) is 35.7 Å². The molecule has 0 aliphatic heterocycles. The third-order valence-corrected chi connectivity index (χ3v) is 6.10. The maximum absolute atomic E-state index is 13.5. The Bertz CT molecular complexity index is 1410. The summed E-state index contributed by atoms with van der Waals surface area (Å²) in [5.41, 5.74) is -0.993. The summed E-state index contributed by atoms with van der Waals surface area (Å²) in [6.07, 6.45) is -5.78. The molecule has 12 heteroatoms. The summed E-state index contributed by atoms with van der Waals surface area (Å²) < 4.78 is 43.2. The predicted molar refractivity (Wildman–Crippen MR) is 119 cm³/mol. The first-order valence-corrected chi connectivity index (χ1v) is 10.6. The van der Waals surface area contributed by atoms with Crippen LogP contribution >= 0.6 is 0 Å². The maximum Gasteiger partial charge on any atom is 0.573 e. The van der Waals surface area contributed by atoms with E-state index in [2.05, 4.69) is 10.1 Å². The molecule has 1 amide bonds. The van der Waals surface area contributed by atoms with E-state index in [1.165, 1.54) is 41.8 Å². The fourth-order valence-electron chi connectivity index (χ4n) is 4.52. The lowest BCUT2D eigenvalue weighted by molar-refractivity contribution is -0.274. The Morgan fingerprint density at radius 1 is 1.06 bits per heavy atom. The molecule has 0 saturated heterocycles. The van der Waals surface area contributed by atoms with E-state index in [9.17, 15) is 42.6 Å². The summed E-state index contributed by atoms with van der Waals surface area (Å²) in [4.78, 5) is 49.0. The van der Waals surface area contributed by atoms with Gasteiger partial charge in [0.25, 0.3) is 5.91 Å². The first-order chi connectivity index (χ1) is 16.8. The van der Waals surface area contributed by atoms with Gasteiger partial charge >= 0.3 is 18.3 Å². The zero-order valence-corrected chi connectivity index (χ0v) is 18.7. The Kier molecular flexibility index (Phi) is 5.99. The number of nitrogens with one attached hydrogen (secondary N) is 1. The molecule has 9 nitrogen and oxygen atoms in total. The second kappa shape index (κ2) is 8.70. The molecule has 3 aromatic rings. The van der Waals surface area contributed by atoms with Gasteiger partial charge in [-0.2, -0.15) is 0 Å². The Morgan fingerprint density at radius 2 is 1.75 bits per heavy atom. The maximum atomic E-state index is 13.5. The second-order valence-corrected chi connectivity index (χ2v) is 8.42. The Hall–Kier alpha value is -4.35. The minimum absolute atomic E-state index is 0.0947. The number of anilines is 1. The topological polar surface area (TPSA) is 135 Å². The molecule has 0 spiro atoms. The van der Waals surface area contributed by atoms with E-state index in [1.807, 2.05) is 0 Å². The van der Waals surface area contributed by atoms with Crippen LogP contribution in [0.3, 0.4) is 0 Å². The van der Waals surface area contributed by atoms with Gasteiger partial charge in [0.15, 0.2) is 5.41 Å². The first kappa shape index (κ1) is 24.8. The lowest BCUT2D eigenvalue weighted by atomic mass is 9.72. The number of nitrogens with zero attached hydrogens (tertiary/aromatic N) is 1. The van der Waals surface area contributed by atoms with Crippen LogP contribution in [0, 0.1) is 5.41 Å². The van der Waals surface area contributed by atoms with E-state index in [4.69, 9.17) is 0 Å². The van der Waals surface area contributed by atoms with Crippen molar-refractivity contribution in [3.63, 3.8) is 0 Å². The number of benzene rings is 2. The van der Waals surface area contributed by atoms with Crippen molar-refractivity contribution in [1.29, 1.82) is 0 Å². The molecule has 4 rings (SSSR count). The van der Waals surface area contributed by atoms with Gasteiger partial charge in [0.1, 0.15) is 5.75 Å². The number of rotatable bonds is 5. The van der Waals surface area contributed by atoms with E-state index >= 15 is 0 Å². The lowest BCUT2D eigenvalue weighted by Gasteiger charge is -2.29. The summed E-state index contributed by atoms with van der Waals surface area (Å²) >= 11 is 0. The van der Waals surface area contributed by atoms with Crippen molar-refractivity contribution in [3.8, 4) is 5.75 Å². The predicted octanol–water partition coefficient (Wildman–Crippen LogP) is 3.83. The second-order valence-electron chi connectivity index (χ2n) is 8.42. The molecule has 188 valence electrons. The smallest absolute Gasteiger partial charge is 0.480 e. The summed E-state index contributed by atoms with van der Waals surface area (Å²) in [5.74, 6) is -4.74. The SMILES string of the molecule is CC(=O)Nc1ccc2c(c1)c1c(n2C(=O)c2cccc(OC(F)(F)F)c2)CCC(C(=O)O)(C(=O)O)C1. The van der Waals surface area contributed by atoms with Crippen molar-refractivity contribution in [2.24, 2.45) is 5.41 Å². The van der Waals surface area contributed by atoms with Crippen LogP contribution in [0.15, 0.2) is 42.5 Å². The van der Waals surface area contributed by atoms with Gasteiger partial charge in [-0.15, -0.1) is 13.2 Å². The molecule has 0 bridgehead atoms. The number of halogens is 3. The molecule has 1 aromatic heterocycles. The van der Waals surface area contributed by atoms with Gasteiger partial charge in [-0.25, -0.2) is 0 Å². The molecule has 0 fully saturated rings. The van der Waals surface area contributed by atoms with Crippen LogP contribution in [-0.4, -0.2) is 44.9 Å². The van der Waals surface area contributed by atoms with Gasteiger partial charge < -0.3 is 20.3 Å². The quantitative estimate of drug-likeness (QED) is 0.450. The standard InChI is InChI=1S/C24H19F3N2O7/c1-12(30)28-14-5-6-18-16(10-14)17-11-23(21(32)33,22(34)35)8-7-19(17)29(18)20(31)13-3-2-4-15(9-13)36-24(25,26)27/h2-6,9-10H,7-8,11H2,1H3,(H,28,30)(H,32,33)(H,34,35). The normalized spacial score (nSPS) is 14.7. The summed E-state index contributed by atoms with van der Waals surface area (Å²) in [7, 11) is 0. The van der Waals surface area contributed by atoms with Gasteiger partial charge in [0.2, 0.25) is 5.91 Å². The molecule has 0 saturated carbocycles. The van der Waals surface area contributed by atoms with Crippen molar-refractivity contribution in [3.05, 3.63) is 59.3 Å². The number of carbonyl (C=O) groups is 4. The van der Waals surface area contributed by atoms with Crippen molar-refractivity contribution in [1.82, 2.24) is 4.57 Å². The molecule has 0 atom stereocenters. The van der Waals surface area contributed by atoms with Crippen molar-refractivity contribution in [2.75, 3.05) is 5.32 Å². The number of fused-ring (bicyclic) bond motifs is 3. The van der Waals surface area contributed by atoms with Gasteiger partial charge in [-0.3, -0.25) is 23.7 Å². The van der Waals surface area contributed by atoms with Crippen molar-refractivity contribution >= 4 is 40.3 Å². The van der Waals surface area contributed by atoms with E-state index in [1.54, 1.807) is 0 Å². The highest BCUT2D eigenvalue weighted by molar-refractivity contribution is 6.07. The van der Waals surface area contributed by atoms with E-state index in [0.29, 0.717) is 22.3 Å². The molecule has 1 aliphatic carbocycles. The van der Waals surface area contributed by atoms with Gasteiger partial charge in [-0.1, -0.05) is 6.07 Å².